The summed E-state index contributed by atoms with van der Waals surface area (Å²) in [6, 6.07) is 28.1. The lowest BCUT2D eigenvalue weighted by molar-refractivity contribution is 0.183. The number of thioether (sulfide) groups is 1. The summed E-state index contributed by atoms with van der Waals surface area (Å²) < 4.78 is 12.8. The Bertz CT molecular complexity index is 1330. The molecule has 0 aromatic heterocycles. The van der Waals surface area contributed by atoms with Gasteiger partial charge in [0.15, 0.2) is 6.10 Å². The Morgan fingerprint density at radius 1 is 0.886 bits per heavy atom. The molecule has 0 spiro atoms. The average Bonchev–Trinajstić information content (AvgIpc) is 2.93. The van der Waals surface area contributed by atoms with E-state index in [9.17, 15) is 0 Å². The lowest BCUT2D eigenvalue weighted by Crippen LogP contribution is -2.33. The van der Waals surface area contributed by atoms with Crippen molar-refractivity contribution in [2.24, 2.45) is 0 Å². The van der Waals surface area contributed by atoms with E-state index in [2.05, 4.69) is 90.0 Å². The van der Waals surface area contributed by atoms with E-state index in [0.29, 0.717) is 0 Å². The van der Waals surface area contributed by atoms with Gasteiger partial charge >= 0.3 is 0 Å². The fraction of sp³-hybridized carbons (Fsp3) is 0.290. The average molecular weight is 482 g/mol. The van der Waals surface area contributed by atoms with Gasteiger partial charge in [-0.25, -0.2) is 0 Å². The molecule has 4 aromatic rings. The van der Waals surface area contributed by atoms with E-state index in [0.717, 1.165) is 30.2 Å². The van der Waals surface area contributed by atoms with E-state index < -0.39 is 0 Å². The van der Waals surface area contributed by atoms with Crippen LogP contribution in [0.4, 0.5) is 0 Å². The van der Waals surface area contributed by atoms with Gasteiger partial charge in [-0.1, -0.05) is 55.0 Å². The van der Waals surface area contributed by atoms with E-state index >= 15 is 0 Å². The van der Waals surface area contributed by atoms with Crippen molar-refractivity contribution in [1.29, 1.82) is 0 Å². The second kappa shape index (κ2) is 9.96. The minimum Gasteiger partial charge on any atom is -0.492 e. The molecule has 0 bridgehead atoms. The van der Waals surface area contributed by atoms with Gasteiger partial charge in [0.25, 0.3) is 0 Å². The Balaban J connectivity index is 1.30. The number of ether oxygens (including phenoxy) is 2. The van der Waals surface area contributed by atoms with E-state index in [1.807, 2.05) is 0 Å². The number of hydrogen-bond donors (Lipinski definition) is 0. The summed E-state index contributed by atoms with van der Waals surface area (Å²) in [6.45, 7) is 4.14. The van der Waals surface area contributed by atoms with Crippen molar-refractivity contribution in [3.63, 3.8) is 0 Å². The molecular formula is C31H31NO2S. The van der Waals surface area contributed by atoms with Crippen LogP contribution < -0.4 is 9.47 Å². The van der Waals surface area contributed by atoms with Crippen LogP contribution in [0.25, 0.3) is 21.9 Å². The maximum absolute atomic E-state index is 6.70. The van der Waals surface area contributed by atoms with Crippen LogP contribution >= 0.6 is 11.8 Å². The molecule has 3 nitrogen and oxygen atoms in total. The fourth-order valence-corrected chi connectivity index (χ4v) is 5.84. The van der Waals surface area contributed by atoms with Gasteiger partial charge in [-0.05, 0) is 84.4 Å². The maximum atomic E-state index is 6.70. The second-order valence-corrected chi connectivity index (χ2v) is 10.3. The third-order valence-corrected chi connectivity index (χ3v) is 7.99. The number of likely N-dealkylation sites (tertiary alicyclic amines) is 1. The zero-order valence-electron chi connectivity index (χ0n) is 20.2. The molecule has 4 aromatic carbocycles. The molecule has 2 aliphatic rings. The van der Waals surface area contributed by atoms with Gasteiger partial charge in [-0.3, -0.25) is 4.90 Å². The van der Waals surface area contributed by atoms with Crippen LogP contribution in [0.2, 0.25) is 0 Å². The van der Waals surface area contributed by atoms with E-state index in [-0.39, 0.29) is 6.10 Å². The molecule has 35 heavy (non-hydrogen) atoms. The zero-order valence-corrected chi connectivity index (χ0v) is 21.0. The van der Waals surface area contributed by atoms with Crippen molar-refractivity contribution in [2.45, 2.75) is 30.3 Å². The summed E-state index contributed by atoms with van der Waals surface area (Å²) in [4.78, 5) is 3.76. The number of benzene rings is 4. The van der Waals surface area contributed by atoms with Crippen molar-refractivity contribution >= 4 is 22.5 Å². The van der Waals surface area contributed by atoms with Gasteiger partial charge in [0.1, 0.15) is 18.1 Å². The van der Waals surface area contributed by atoms with Crippen LogP contribution in [-0.2, 0) is 0 Å². The number of nitrogens with zero attached hydrogens (tertiary/aromatic N) is 1. The SMILES string of the molecule is CSc1ccc2c(c1)-c1ccc3ccccc3c1C(c1ccc(OCCN3CCCCC3)cc1)O2. The fourth-order valence-electron chi connectivity index (χ4n) is 5.40. The first-order valence-corrected chi connectivity index (χ1v) is 13.8. The Morgan fingerprint density at radius 3 is 2.54 bits per heavy atom. The summed E-state index contributed by atoms with van der Waals surface area (Å²) >= 11 is 1.76. The first-order valence-electron chi connectivity index (χ1n) is 12.6. The molecule has 2 aliphatic heterocycles. The third-order valence-electron chi connectivity index (χ3n) is 7.26. The summed E-state index contributed by atoms with van der Waals surface area (Å²) in [5, 5.41) is 2.49. The van der Waals surface area contributed by atoms with Crippen molar-refractivity contribution in [2.75, 3.05) is 32.5 Å². The first kappa shape index (κ1) is 22.5. The molecule has 6 rings (SSSR count). The Hall–Kier alpha value is -2.95. The normalized spacial score (nSPS) is 17.5. The van der Waals surface area contributed by atoms with E-state index in [1.54, 1.807) is 11.8 Å². The summed E-state index contributed by atoms with van der Waals surface area (Å²) in [5.74, 6) is 1.86. The van der Waals surface area contributed by atoms with E-state index in [4.69, 9.17) is 9.47 Å². The lowest BCUT2D eigenvalue weighted by Gasteiger charge is -2.31. The molecule has 1 unspecified atom stereocenters. The summed E-state index contributed by atoms with van der Waals surface area (Å²) in [6.07, 6.45) is 5.95. The highest BCUT2D eigenvalue weighted by Crippen LogP contribution is 2.48. The van der Waals surface area contributed by atoms with Gasteiger partial charge in [0.05, 0.1) is 0 Å². The van der Waals surface area contributed by atoms with Crippen molar-refractivity contribution in [3.05, 3.63) is 90.0 Å². The molecule has 178 valence electrons. The maximum Gasteiger partial charge on any atom is 0.150 e. The quantitative estimate of drug-likeness (QED) is 0.265. The lowest BCUT2D eigenvalue weighted by atomic mass is 9.86. The van der Waals surface area contributed by atoms with Crippen molar-refractivity contribution in [1.82, 2.24) is 4.90 Å². The van der Waals surface area contributed by atoms with Crippen LogP contribution in [0.5, 0.6) is 11.5 Å². The molecule has 0 saturated carbocycles. The van der Waals surface area contributed by atoms with Crippen LogP contribution in [0.15, 0.2) is 83.8 Å². The van der Waals surface area contributed by atoms with E-state index in [1.165, 1.54) is 64.7 Å². The highest BCUT2D eigenvalue weighted by atomic mass is 32.2. The number of rotatable bonds is 6. The van der Waals surface area contributed by atoms with Gasteiger partial charge in [0.2, 0.25) is 0 Å². The molecule has 0 N–H and O–H groups in total. The minimum atomic E-state index is -0.161. The smallest absolute Gasteiger partial charge is 0.150 e. The molecule has 2 heterocycles. The molecule has 0 amide bonds. The van der Waals surface area contributed by atoms with Crippen LogP contribution in [0.1, 0.15) is 36.5 Å². The third kappa shape index (κ3) is 4.53. The highest BCUT2D eigenvalue weighted by molar-refractivity contribution is 7.98. The first-order chi connectivity index (χ1) is 17.3. The Morgan fingerprint density at radius 2 is 1.71 bits per heavy atom. The summed E-state index contributed by atoms with van der Waals surface area (Å²) in [5.41, 5.74) is 4.82. The highest BCUT2D eigenvalue weighted by Gasteiger charge is 2.29. The van der Waals surface area contributed by atoms with Gasteiger partial charge in [-0.2, -0.15) is 0 Å². The standard InChI is InChI=1S/C31H31NO2S/c1-35-25-14-16-29-28(21-25)27-15-11-22-7-3-4-8-26(22)30(27)31(34-29)23-9-12-24(13-10-23)33-20-19-32-17-5-2-6-18-32/h3-4,7-16,21,31H,2,5-6,17-20H2,1H3. The molecule has 0 aliphatic carbocycles. The largest absolute Gasteiger partial charge is 0.492 e. The molecule has 4 heteroatoms. The van der Waals surface area contributed by atoms with Gasteiger partial charge in [0, 0.05) is 22.6 Å². The molecule has 1 atom stereocenters. The number of fused-ring (bicyclic) bond motifs is 5. The second-order valence-electron chi connectivity index (χ2n) is 9.43. The van der Waals surface area contributed by atoms with Crippen molar-refractivity contribution < 1.29 is 9.47 Å². The van der Waals surface area contributed by atoms with Crippen molar-refractivity contribution in [3.8, 4) is 22.6 Å². The zero-order chi connectivity index (χ0) is 23.6. The van der Waals surface area contributed by atoms with Gasteiger partial charge < -0.3 is 9.47 Å². The molecule has 1 saturated heterocycles. The molecule has 0 radical (unpaired) electrons. The van der Waals surface area contributed by atoms with Crippen LogP contribution in [0.3, 0.4) is 0 Å². The summed E-state index contributed by atoms with van der Waals surface area (Å²) in [7, 11) is 0. The predicted octanol–water partition coefficient (Wildman–Crippen LogP) is 7.58. The number of hydrogen-bond acceptors (Lipinski definition) is 4. The monoisotopic (exact) mass is 481 g/mol. The topological polar surface area (TPSA) is 21.7 Å². The molecular weight excluding hydrogens is 450 g/mol. The van der Waals surface area contributed by atoms with Crippen LogP contribution in [0, 0.1) is 0 Å². The Kier molecular flexibility index (Phi) is 6.41. The predicted molar refractivity (Wildman–Crippen MR) is 146 cm³/mol. The minimum absolute atomic E-state index is 0.161. The number of piperidine rings is 1. The Labute approximate surface area is 212 Å². The van der Waals surface area contributed by atoms with Gasteiger partial charge in [-0.15, -0.1) is 11.8 Å². The molecule has 1 fully saturated rings. The van der Waals surface area contributed by atoms with Crippen LogP contribution in [-0.4, -0.2) is 37.4 Å².